The van der Waals surface area contributed by atoms with Crippen LogP contribution in [0.4, 0.5) is 11.4 Å². The van der Waals surface area contributed by atoms with Gasteiger partial charge in [-0.15, -0.1) is 12.4 Å². The number of hydrogen-bond acceptors (Lipinski definition) is 5. The van der Waals surface area contributed by atoms with Gasteiger partial charge >= 0.3 is 0 Å². The number of nitrogen functional groups attached to an aromatic ring is 1. The van der Waals surface area contributed by atoms with E-state index in [1.807, 2.05) is 6.92 Å². The first-order chi connectivity index (χ1) is 11.8. The van der Waals surface area contributed by atoms with Crippen molar-refractivity contribution in [2.45, 2.75) is 31.6 Å². The number of rotatable bonds is 4. The van der Waals surface area contributed by atoms with Crippen LogP contribution in [0.2, 0.25) is 0 Å². The van der Waals surface area contributed by atoms with Crippen molar-refractivity contribution in [3.05, 3.63) is 41.3 Å². The van der Waals surface area contributed by atoms with E-state index in [1.54, 1.807) is 25.1 Å². The highest BCUT2D eigenvalue weighted by Crippen LogP contribution is 2.27. The molecule has 1 saturated heterocycles. The van der Waals surface area contributed by atoms with E-state index in [-0.39, 0.29) is 28.8 Å². The maximum atomic E-state index is 12.7. The molecule has 26 heavy (non-hydrogen) atoms. The number of nitrogens with zero attached hydrogens (tertiary/aromatic N) is 1. The Bertz CT molecular complexity index is 918. The minimum absolute atomic E-state index is 0. The average molecular weight is 400 g/mol. The van der Waals surface area contributed by atoms with Gasteiger partial charge in [-0.3, -0.25) is 4.79 Å². The molecule has 0 unspecified atom stereocenters. The lowest BCUT2D eigenvalue weighted by Gasteiger charge is -2.14. The number of nitrogens with two attached hydrogens (primary N) is 1. The molecule has 3 rings (SSSR count). The van der Waals surface area contributed by atoms with Gasteiger partial charge in [-0.1, -0.05) is 6.07 Å². The summed E-state index contributed by atoms with van der Waals surface area (Å²) in [5.41, 5.74) is 7.66. The molecule has 1 aliphatic rings. The van der Waals surface area contributed by atoms with Gasteiger partial charge in [-0.2, -0.15) is 4.31 Å². The molecule has 0 bridgehead atoms. The zero-order valence-electron chi connectivity index (χ0n) is 14.6. The number of sulfonamides is 1. The van der Waals surface area contributed by atoms with E-state index in [1.165, 1.54) is 10.4 Å². The molecule has 7 nitrogen and oxygen atoms in total. The molecule has 1 aliphatic heterocycles. The number of nitrogens with one attached hydrogen (secondary N) is 1. The minimum Gasteiger partial charge on any atom is -0.455 e. The predicted octanol–water partition coefficient (Wildman–Crippen LogP) is 2.94. The zero-order chi connectivity index (χ0) is 18.2. The number of aryl methyl sites for hydroxylation is 2. The Balaban J connectivity index is 0.00000243. The third-order valence-electron chi connectivity index (χ3n) is 4.29. The summed E-state index contributed by atoms with van der Waals surface area (Å²) in [6.45, 7) is 4.38. The molecule has 1 aromatic carbocycles. The molecular formula is C17H22ClN3O4S. The van der Waals surface area contributed by atoms with Crippen molar-refractivity contribution in [2.24, 2.45) is 0 Å². The third-order valence-corrected chi connectivity index (χ3v) is 6.29. The number of anilines is 2. The highest BCUT2D eigenvalue weighted by Gasteiger charge is 2.31. The molecule has 0 atom stereocenters. The van der Waals surface area contributed by atoms with Crippen LogP contribution >= 0.6 is 12.4 Å². The van der Waals surface area contributed by atoms with Gasteiger partial charge in [0.05, 0.1) is 0 Å². The maximum Gasteiger partial charge on any atom is 0.291 e. The molecule has 0 saturated carbocycles. The number of hydrogen-bond donors (Lipinski definition) is 2. The van der Waals surface area contributed by atoms with Crippen molar-refractivity contribution < 1.29 is 17.6 Å². The zero-order valence-corrected chi connectivity index (χ0v) is 16.2. The molecule has 0 radical (unpaired) electrons. The SMILES string of the molecule is Cc1ccc(N)cc1NC(=O)c1cc(S(=O)(=O)N2CCCC2)c(C)o1.Cl. The van der Waals surface area contributed by atoms with Crippen LogP contribution in [0, 0.1) is 13.8 Å². The largest absolute Gasteiger partial charge is 0.455 e. The second kappa shape index (κ2) is 7.69. The Kier molecular flexibility index (Phi) is 6.00. The topological polar surface area (TPSA) is 106 Å². The maximum absolute atomic E-state index is 12.7. The number of carbonyl (C=O) groups excluding carboxylic acids is 1. The van der Waals surface area contributed by atoms with Crippen LogP contribution in [0.1, 0.15) is 34.7 Å². The van der Waals surface area contributed by atoms with Crippen LogP contribution in [-0.4, -0.2) is 31.7 Å². The molecule has 2 heterocycles. The Labute approximate surface area is 159 Å². The van der Waals surface area contributed by atoms with Crippen LogP contribution in [0.5, 0.6) is 0 Å². The van der Waals surface area contributed by atoms with E-state index >= 15 is 0 Å². The van der Waals surface area contributed by atoms with Crippen molar-refractivity contribution >= 4 is 39.7 Å². The average Bonchev–Trinajstić information content (AvgIpc) is 3.20. The Morgan fingerprint density at radius 3 is 2.50 bits per heavy atom. The Morgan fingerprint density at radius 2 is 1.85 bits per heavy atom. The molecular weight excluding hydrogens is 378 g/mol. The summed E-state index contributed by atoms with van der Waals surface area (Å²) in [5.74, 6) is -0.349. The van der Waals surface area contributed by atoms with Crippen molar-refractivity contribution in [1.29, 1.82) is 0 Å². The molecule has 9 heteroatoms. The van der Waals surface area contributed by atoms with Crippen molar-refractivity contribution in [1.82, 2.24) is 4.31 Å². The first kappa shape index (κ1) is 20.3. The smallest absolute Gasteiger partial charge is 0.291 e. The van der Waals surface area contributed by atoms with Crippen molar-refractivity contribution in [3.8, 4) is 0 Å². The number of halogens is 1. The molecule has 1 aromatic heterocycles. The van der Waals surface area contributed by atoms with Crippen LogP contribution in [0.25, 0.3) is 0 Å². The first-order valence-electron chi connectivity index (χ1n) is 8.07. The highest BCUT2D eigenvalue weighted by atomic mass is 35.5. The number of furan rings is 1. The van der Waals surface area contributed by atoms with Crippen LogP contribution in [-0.2, 0) is 10.0 Å². The van der Waals surface area contributed by atoms with Crippen molar-refractivity contribution in [2.75, 3.05) is 24.1 Å². The number of amides is 1. The Morgan fingerprint density at radius 1 is 1.19 bits per heavy atom. The molecule has 1 amide bonds. The van der Waals surface area contributed by atoms with E-state index in [9.17, 15) is 13.2 Å². The molecule has 2 aromatic rings. The Hall–Kier alpha value is -2.03. The summed E-state index contributed by atoms with van der Waals surface area (Å²) in [4.78, 5) is 12.5. The lowest BCUT2D eigenvalue weighted by molar-refractivity contribution is 0.0995. The predicted molar refractivity (Wildman–Crippen MR) is 102 cm³/mol. The fourth-order valence-corrected chi connectivity index (χ4v) is 4.54. The van der Waals surface area contributed by atoms with Gasteiger partial charge in [0.25, 0.3) is 5.91 Å². The van der Waals surface area contributed by atoms with Crippen LogP contribution in [0.15, 0.2) is 33.6 Å². The molecule has 3 N–H and O–H groups in total. The van der Waals surface area contributed by atoms with Gasteiger partial charge < -0.3 is 15.5 Å². The van der Waals surface area contributed by atoms with Crippen LogP contribution < -0.4 is 11.1 Å². The van der Waals surface area contributed by atoms with Gasteiger partial charge in [0, 0.05) is 30.5 Å². The first-order valence-corrected chi connectivity index (χ1v) is 9.51. The van der Waals surface area contributed by atoms with E-state index in [0.717, 1.165) is 18.4 Å². The van der Waals surface area contributed by atoms with Gasteiger partial charge in [0.1, 0.15) is 10.7 Å². The summed E-state index contributed by atoms with van der Waals surface area (Å²) in [5, 5.41) is 2.71. The lowest BCUT2D eigenvalue weighted by atomic mass is 10.2. The molecule has 0 spiro atoms. The van der Waals surface area contributed by atoms with Gasteiger partial charge in [0.2, 0.25) is 10.0 Å². The molecule has 0 aliphatic carbocycles. The van der Waals surface area contributed by atoms with E-state index in [4.69, 9.17) is 10.2 Å². The van der Waals surface area contributed by atoms with Crippen LogP contribution in [0.3, 0.4) is 0 Å². The lowest BCUT2D eigenvalue weighted by Crippen LogP contribution is -2.28. The van der Waals surface area contributed by atoms with Gasteiger partial charge in [-0.25, -0.2) is 8.42 Å². The summed E-state index contributed by atoms with van der Waals surface area (Å²) in [7, 11) is -3.63. The standard InChI is InChI=1S/C17H21N3O4S.ClH/c1-11-5-6-13(18)9-14(11)19-17(21)15-10-16(12(2)24-15)25(22,23)20-7-3-4-8-20;/h5-6,9-10H,3-4,7-8,18H2,1-2H3,(H,19,21);1H. The fraction of sp³-hybridized carbons (Fsp3) is 0.353. The molecule has 1 fully saturated rings. The van der Waals surface area contributed by atoms with Crippen molar-refractivity contribution in [3.63, 3.8) is 0 Å². The molecule has 142 valence electrons. The second-order valence-corrected chi connectivity index (χ2v) is 8.08. The van der Waals surface area contributed by atoms with E-state index in [2.05, 4.69) is 5.32 Å². The summed E-state index contributed by atoms with van der Waals surface area (Å²) < 4.78 is 32.2. The third kappa shape index (κ3) is 3.87. The normalized spacial score (nSPS) is 14.8. The van der Waals surface area contributed by atoms with E-state index in [0.29, 0.717) is 24.5 Å². The van der Waals surface area contributed by atoms with Gasteiger partial charge in [0.15, 0.2) is 5.76 Å². The fourth-order valence-electron chi connectivity index (χ4n) is 2.86. The number of carbonyl (C=O) groups is 1. The second-order valence-electron chi connectivity index (χ2n) is 6.17. The van der Waals surface area contributed by atoms with Gasteiger partial charge in [-0.05, 0) is 44.4 Å². The minimum atomic E-state index is -3.63. The highest BCUT2D eigenvalue weighted by molar-refractivity contribution is 7.89. The quantitative estimate of drug-likeness (QED) is 0.769. The summed E-state index contributed by atoms with van der Waals surface area (Å²) in [6, 6.07) is 6.47. The van der Waals surface area contributed by atoms with E-state index < -0.39 is 15.9 Å². The monoisotopic (exact) mass is 399 g/mol. The number of benzene rings is 1. The summed E-state index contributed by atoms with van der Waals surface area (Å²) in [6.07, 6.45) is 1.69. The summed E-state index contributed by atoms with van der Waals surface area (Å²) >= 11 is 0.